The number of rotatable bonds is 0. The Kier molecular flexibility index (Phi) is 2.06. The van der Waals surface area contributed by atoms with Gasteiger partial charge in [0.05, 0.1) is 17.8 Å². The summed E-state index contributed by atoms with van der Waals surface area (Å²) in [6, 6.07) is 7.64. The summed E-state index contributed by atoms with van der Waals surface area (Å²) in [4.78, 5) is 14.7. The van der Waals surface area contributed by atoms with Gasteiger partial charge in [0.25, 0.3) is 5.91 Å². The van der Waals surface area contributed by atoms with Crippen LogP contribution in [0.15, 0.2) is 24.3 Å². The summed E-state index contributed by atoms with van der Waals surface area (Å²) >= 11 is 0. The predicted octanol–water partition coefficient (Wildman–Crippen LogP) is 2.61. The van der Waals surface area contributed by atoms with Crippen molar-refractivity contribution >= 4 is 17.7 Å². The van der Waals surface area contributed by atoms with Gasteiger partial charge in [-0.05, 0) is 29.8 Å². The highest BCUT2D eigenvalue weighted by atomic mass is 16.7. The van der Waals surface area contributed by atoms with Gasteiger partial charge in [0, 0.05) is 11.1 Å². The van der Waals surface area contributed by atoms with E-state index in [0.717, 1.165) is 33.9 Å². The molecule has 0 saturated carbocycles. The summed E-state index contributed by atoms with van der Waals surface area (Å²) in [5.74, 6) is 2.61. The molecule has 118 valence electrons. The zero-order valence-corrected chi connectivity index (χ0v) is 12.5. The van der Waals surface area contributed by atoms with Crippen LogP contribution in [0.5, 0.6) is 23.0 Å². The molecule has 4 aliphatic heterocycles. The van der Waals surface area contributed by atoms with Gasteiger partial charge in [-0.15, -0.1) is 0 Å². The number of carbonyl (C=O) groups is 1. The van der Waals surface area contributed by atoms with Gasteiger partial charge in [0.2, 0.25) is 13.6 Å². The summed E-state index contributed by atoms with van der Waals surface area (Å²) < 4.78 is 22.0. The van der Waals surface area contributed by atoms with Crippen molar-refractivity contribution in [2.45, 2.75) is 6.54 Å². The summed E-state index contributed by atoms with van der Waals surface area (Å²) in [6.07, 6.45) is 2.00. The van der Waals surface area contributed by atoms with Gasteiger partial charge in [-0.25, -0.2) is 0 Å². The van der Waals surface area contributed by atoms with Crippen molar-refractivity contribution < 1.29 is 23.7 Å². The third-order valence-corrected chi connectivity index (χ3v) is 4.84. The molecule has 0 radical (unpaired) electrons. The molecular formula is C18H11NO5. The Morgan fingerprint density at radius 3 is 2.50 bits per heavy atom. The second-order valence-electron chi connectivity index (χ2n) is 6.01. The quantitative estimate of drug-likeness (QED) is 0.746. The predicted molar refractivity (Wildman–Crippen MR) is 82.9 cm³/mol. The number of hydrogen-bond acceptors (Lipinski definition) is 5. The molecule has 0 atom stereocenters. The van der Waals surface area contributed by atoms with E-state index in [9.17, 15) is 4.79 Å². The molecule has 0 spiro atoms. The van der Waals surface area contributed by atoms with Gasteiger partial charge < -0.3 is 23.8 Å². The molecule has 0 bridgehead atoms. The third kappa shape index (κ3) is 1.34. The lowest BCUT2D eigenvalue weighted by Gasteiger charge is -2.25. The Morgan fingerprint density at radius 2 is 1.62 bits per heavy atom. The van der Waals surface area contributed by atoms with Crippen LogP contribution in [-0.4, -0.2) is 24.4 Å². The number of amides is 1. The van der Waals surface area contributed by atoms with Crippen LogP contribution >= 0.6 is 0 Å². The normalized spacial score (nSPS) is 18.2. The molecule has 2 aromatic carbocycles. The number of hydrogen-bond donors (Lipinski definition) is 0. The van der Waals surface area contributed by atoms with E-state index in [4.69, 9.17) is 18.9 Å². The highest BCUT2D eigenvalue weighted by molar-refractivity contribution is 6.15. The SMILES string of the molecule is O=C1c2c(ccc3c2OCO3)C2=Cc3c(ccc4c3OCO4)CN12. The highest BCUT2D eigenvalue weighted by Crippen LogP contribution is 2.49. The fourth-order valence-electron chi connectivity index (χ4n) is 3.74. The lowest BCUT2D eigenvalue weighted by atomic mass is 9.98. The van der Waals surface area contributed by atoms with Crippen molar-refractivity contribution in [3.8, 4) is 23.0 Å². The topological polar surface area (TPSA) is 57.2 Å². The zero-order chi connectivity index (χ0) is 15.8. The van der Waals surface area contributed by atoms with Gasteiger partial charge in [0.15, 0.2) is 23.0 Å². The first-order valence-corrected chi connectivity index (χ1v) is 7.69. The van der Waals surface area contributed by atoms with Crippen LogP contribution < -0.4 is 18.9 Å². The maximum Gasteiger partial charge on any atom is 0.263 e. The smallest absolute Gasteiger partial charge is 0.263 e. The monoisotopic (exact) mass is 321 g/mol. The first kappa shape index (κ1) is 12.3. The lowest BCUT2D eigenvalue weighted by Crippen LogP contribution is -2.25. The van der Waals surface area contributed by atoms with Crippen LogP contribution in [0.2, 0.25) is 0 Å². The van der Waals surface area contributed by atoms with E-state index in [-0.39, 0.29) is 19.5 Å². The van der Waals surface area contributed by atoms with Crippen LogP contribution in [-0.2, 0) is 6.54 Å². The molecule has 6 nitrogen and oxygen atoms in total. The lowest BCUT2D eigenvalue weighted by molar-refractivity contribution is 0.0838. The molecule has 6 heteroatoms. The van der Waals surface area contributed by atoms with Gasteiger partial charge in [0.1, 0.15) is 0 Å². The maximum absolute atomic E-state index is 12.9. The summed E-state index contributed by atoms with van der Waals surface area (Å²) in [5.41, 5.74) is 4.33. The number of nitrogens with zero attached hydrogens (tertiary/aromatic N) is 1. The number of carbonyl (C=O) groups excluding carboxylic acids is 1. The highest BCUT2D eigenvalue weighted by Gasteiger charge is 2.40. The molecule has 2 aromatic rings. The molecule has 1 amide bonds. The summed E-state index contributed by atoms with van der Waals surface area (Å²) in [7, 11) is 0. The Morgan fingerprint density at radius 1 is 0.875 bits per heavy atom. The summed E-state index contributed by atoms with van der Waals surface area (Å²) in [5, 5.41) is 0. The van der Waals surface area contributed by atoms with Crippen molar-refractivity contribution in [3.05, 3.63) is 46.5 Å². The standard InChI is InChI=1S/C18H11NO5/c20-18-15-10(2-4-14-17(15)24-8-22-14)12-5-11-9(6-19(12)18)1-3-13-16(11)23-7-21-13/h1-5H,6-8H2. The minimum absolute atomic E-state index is 0.0538. The second kappa shape index (κ2) is 4.03. The fraction of sp³-hybridized carbons (Fsp3) is 0.167. The van der Waals surface area contributed by atoms with E-state index >= 15 is 0 Å². The minimum Gasteiger partial charge on any atom is -0.454 e. The Balaban J connectivity index is 1.60. The summed E-state index contributed by atoms with van der Waals surface area (Å²) in [6.45, 7) is 0.880. The molecule has 0 N–H and O–H groups in total. The average Bonchev–Trinajstić information content (AvgIpc) is 3.31. The van der Waals surface area contributed by atoms with E-state index in [1.165, 1.54) is 0 Å². The number of benzene rings is 2. The minimum atomic E-state index is -0.0538. The van der Waals surface area contributed by atoms with Crippen LogP contribution in [0, 0.1) is 0 Å². The second-order valence-corrected chi connectivity index (χ2v) is 6.01. The molecule has 0 saturated heterocycles. The molecule has 0 unspecified atom stereocenters. The molecule has 0 fully saturated rings. The van der Waals surface area contributed by atoms with Gasteiger partial charge in [-0.1, -0.05) is 6.07 Å². The molecule has 4 aliphatic rings. The van der Waals surface area contributed by atoms with Crippen LogP contribution in [0.4, 0.5) is 0 Å². The average molecular weight is 321 g/mol. The van der Waals surface area contributed by atoms with Crippen molar-refractivity contribution in [3.63, 3.8) is 0 Å². The van der Waals surface area contributed by atoms with Gasteiger partial charge in [-0.2, -0.15) is 0 Å². The van der Waals surface area contributed by atoms with Crippen molar-refractivity contribution in [2.24, 2.45) is 0 Å². The van der Waals surface area contributed by atoms with E-state index in [2.05, 4.69) is 0 Å². The molecule has 0 aromatic heterocycles. The first-order valence-electron chi connectivity index (χ1n) is 7.69. The number of ether oxygens (including phenoxy) is 4. The Hall–Kier alpha value is -3.15. The largest absolute Gasteiger partial charge is 0.454 e. The Labute approximate surface area is 136 Å². The van der Waals surface area contributed by atoms with Crippen LogP contribution in [0.25, 0.3) is 11.8 Å². The number of fused-ring (bicyclic) bond motifs is 8. The molecule has 6 rings (SSSR count). The van der Waals surface area contributed by atoms with Crippen molar-refractivity contribution in [1.82, 2.24) is 4.90 Å². The zero-order valence-electron chi connectivity index (χ0n) is 12.5. The van der Waals surface area contributed by atoms with Crippen molar-refractivity contribution in [2.75, 3.05) is 13.6 Å². The Bertz CT molecular complexity index is 978. The molecular weight excluding hydrogens is 310 g/mol. The van der Waals surface area contributed by atoms with E-state index in [1.807, 2.05) is 30.3 Å². The van der Waals surface area contributed by atoms with Gasteiger partial charge >= 0.3 is 0 Å². The van der Waals surface area contributed by atoms with E-state index in [0.29, 0.717) is 23.6 Å². The van der Waals surface area contributed by atoms with E-state index in [1.54, 1.807) is 4.90 Å². The molecule has 4 heterocycles. The van der Waals surface area contributed by atoms with E-state index < -0.39 is 0 Å². The van der Waals surface area contributed by atoms with Crippen molar-refractivity contribution in [1.29, 1.82) is 0 Å². The van der Waals surface area contributed by atoms with Crippen LogP contribution in [0.1, 0.15) is 27.0 Å². The fourth-order valence-corrected chi connectivity index (χ4v) is 3.74. The maximum atomic E-state index is 12.9. The third-order valence-electron chi connectivity index (χ3n) is 4.84. The molecule has 0 aliphatic carbocycles. The first-order chi connectivity index (χ1) is 11.8. The molecule has 24 heavy (non-hydrogen) atoms. The van der Waals surface area contributed by atoms with Gasteiger partial charge in [-0.3, -0.25) is 4.79 Å². The van der Waals surface area contributed by atoms with Crippen LogP contribution in [0.3, 0.4) is 0 Å².